The molecule has 0 amide bonds. The molecule has 0 aromatic carbocycles. The Labute approximate surface area is 162 Å². The van der Waals surface area contributed by atoms with Gasteiger partial charge in [-0.1, -0.05) is 50.3 Å². The number of carbonyl (C=O) groups is 1. The number of rotatable bonds is 8. The van der Waals surface area contributed by atoms with Crippen molar-refractivity contribution < 1.29 is 4.79 Å². The van der Waals surface area contributed by atoms with Crippen LogP contribution in [-0.2, 0) is 4.79 Å². The molecule has 1 heterocycles. The first-order valence-electron chi connectivity index (χ1n) is 8.91. The fourth-order valence-electron chi connectivity index (χ4n) is 2.58. The summed E-state index contributed by atoms with van der Waals surface area (Å²) in [5, 5.41) is 0.488. The maximum absolute atomic E-state index is 11.9. The number of aromatic nitrogens is 1. The van der Waals surface area contributed by atoms with Gasteiger partial charge in [-0.3, -0.25) is 4.79 Å². The third-order valence-electron chi connectivity index (χ3n) is 4.06. The summed E-state index contributed by atoms with van der Waals surface area (Å²) < 4.78 is 0. The largest absolute Gasteiger partial charge is 0.294 e. The second-order valence-electron chi connectivity index (χ2n) is 6.11. The Morgan fingerprint density at radius 2 is 2.04 bits per heavy atom. The van der Waals surface area contributed by atoms with Crippen LogP contribution in [0.5, 0.6) is 0 Å². The van der Waals surface area contributed by atoms with E-state index in [1.54, 1.807) is 6.20 Å². The average molecular weight is 370 g/mol. The molecule has 0 unspecified atom stereocenters. The topological polar surface area (TPSA) is 30.0 Å². The summed E-state index contributed by atoms with van der Waals surface area (Å²) in [6.45, 7) is 13.9. The highest BCUT2D eigenvalue weighted by atomic mass is 35.5. The van der Waals surface area contributed by atoms with Gasteiger partial charge in [0.05, 0.1) is 0 Å². The van der Waals surface area contributed by atoms with Crippen molar-refractivity contribution in [2.45, 2.75) is 47.5 Å². The predicted octanol–water partition coefficient (Wildman–Crippen LogP) is 6.82. The van der Waals surface area contributed by atoms with Crippen molar-refractivity contribution in [1.82, 2.24) is 4.98 Å². The fraction of sp³-hybridized carbons (Fsp3) is 0.304. The standard InChI is InChI=1S/C23H28ClNO/c1-7-10-11-19(14-20-15-25-23(24)13-16(20)4)21(8-2)17(5)12-18(6)22(26)9-3/h8,10-15H,6-7,9H2,1-5H3/b11-10+,17-12-,19-14+,21-8+. The lowest BCUT2D eigenvalue weighted by Crippen LogP contribution is -1.98. The quantitative estimate of drug-likeness (QED) is 0.286. The van der Waals surface area contributed by atoms with Crippen molar-refractivity contribution in [3.8, 4) is 0 Å². The highest BCUT2D eigenvalue weighted by molar-refractivity contribution is 6.29. The molecule has 0 radical (unpaired) electrons. The van der Waals surface area contributed by atoms with Crippen LogP contribution in [0.3, 0.4) is 0 Å². The van der Waals surface area contributed by atoms with Gasteiger partial charge in [-0.2, -0.15) is 0 Å². The number of carbonyl (C=O) groups excluding carboxylic acids is 1. The molecule has 0 spiro atoms. The minimum Gasteiger partial charge on any atom is -0.294 e. The summed E-state index contributed by atoms with van der Waals surface area (Å²) in [5.41, 5.74) is 5.75. The molecule has 3 heteroatoms. The Hall–Kier alpha value is -2.19. The van der Waals surface area contributed by atoms with Gasteiger partial charge in [-0.05, 0) is 73.3 Å². The van der Waals surface area contributed by atoms with E-state index in [2.05, 4.69) is 42.8 Å². The van der Waals surface area contributed by atoms with Crippen LogP contribution < -0.4 is 0 Å². The summed E-state index contributed by atoms with van der Waals surface area (Å²) in [4.78, 5) is 16.0. The van der Waals surface area contributed by atoms with E-state index in [9.17, 15) is 4.79 Å². The van der Waals surface area contributed by atoms with Gasteiger partial charge in [0, 0.05) is 18.2 Å². The number of aryl methyl sites for hydroxylation is 1. The normalized spacial score (nSPS) is 13.4. The molecule has 0 atom stereocenters. The first kappa shape index (κ1) is 21.9. The molecule has 2 nitrogen and oxygen atoms in total. The van der Waals surface area contributed by atoms with Gasteiger partial charge in [0.15, 0.2) is 5.78 Å². The molecule has 0 N–H and O–H groups in total. The number of hydrogen-bond acceptors (Lipinski definition) is 2. The zero-order valence-corrected chi connectivity index (χ0v) is 17.2. The maximum atomic E-state index is 11.9. The van der Waals surface area contributed by atoms with Crippen molar-refractivity contribution in [2.24, 2.45) is 0 Å². The lowest BCUT2D eigenvalue weighted by molar-refractivity contribution is -0.114. The number of ketones is 1. The Morgan fingerprint density at radius 1 is 1.35 bits per heavy atom. The van der Waals surface area contributed by atoms with Crippen molar-refractivity contribution in [2.75, 3.05) is 0 Å². The van der Waals surface area contributed by atoms with E-state index in [0.29, 0.717) is 17.1 Å². The van der Waals surface area contributed by atoms with Gasteiger partial charge >= 0.3 is 0 Å². The van der Waals surface area contributed by atoms with Gasteiger partial charge in [-0.15, -0.1) is 0 Å². The molecule has 0 aliphatic heterocycles. The second kappa shape index (κ2) is 10.7. The minimum atomic E-state index is 0.0622. The maximum Gasteiger partial charge on any atom is 0.162 e. The molecule has 0 aliphatic rings. The summed E-state index contributed by atoms with van der Waals surface area (Å²) >= 11 is 5.97. The number of Topliss-reactive ketones (excluding diaryl/α,β-unsaturated/α-hetero) is 1. The molecule has 0 saturated carbocycles. The van der Waals surface area contributed by atoms with Crippen LogP contribution in [0.25, 0.3) is 6.08 Å². The summed E-state index contributed by atoms with van der Waals surface area (Å²) in [5.74, 6) is 0.0622. The van der Waals surface area contributed by atoms with E-state index in [1.807, 2.05) is 39.8 Å². The Morgan fingerprint density at radius 3 is 2.58 bits per heavy atom. The molecule has 26 heavy (non-hydrogen) atoms. The van der Waals surface area contributed by atoms with Crippen LogP contribution in [0.1, 0.15) is 51.7 Å². The first-order valence-corrected chi connectivity index (χ1v) is 9.29. The Kier molecular flexibility index (Phi) is 9.01. The molecule has 0 bridgehead atoms. The number of halogens is 1. The molecular formula is C23H28ClNO. The van der Waals surface area contributed by atoms with E-state index in [-0.39, 0.29) is 5.78 Å². The van der Waals surface area contributed by atoms with E-state index in [1.165, 1.54) is 0 Å². The number of allylic oxidation sites excluding steroid dienone is 8. The van der Waals surface area contributed by atoms with E-state index >= 15 is 0 Å². The molecule has 138 valence electrons. The first-order chi connectivity index (χ1) is 12.3. The van der Waals surface area contributed by atoms with Crippen LogP contribution in [0.2, 0.25) is 5.15 Å². The number of hydrogen-bond donors (Lipinski definition) is 0. The predicted molar refractivity (Wildman–Crippen MR) is 113 cm³/mol. The van der Waals surface area contributed by atoms with E-state index in [0.717, 1.165) is 34.3 Å². The van der Waals surface area contributed by atoms with Gasteiger partial charge < -0.3 is 0 Å². The van der Waals surface area contributed by atoms with Crippen LogP contribution in [0.4, 0.5) is 0 Å². The molecule has 1 aromatic rings. The monoisotopic (exact) mass is 369 g/mol. The van der Waals surface area contributed by atoms with Crippen LogP contribution in [0, 0.1) is 6.92 Å². The fourth-order valence-corrected chi connectivity index (χ4v) is 2.79. The highest BCUT2D eigenvalue weighted by Gasteiger charge is 2.09. The Bertz CT molecular complexity index is 794. The molecule has 1 aromatic heterocycles. The van der Waals surface area contributed by atoms with Crippen molar-refractivity contribution in [1.29, 1.82) is 0 Å². The van der Waals surface area contributed by atoms with E-state index < -0.39 is 0 Å². The van der Waals surface area contributed by atoms with Crippen molar-refractivity contribution in [3.05, 3.63) is 81.7 Å². The van der Waals surface area contributed by atoms with Crippen molar-refractivity contribution >= 4 is 23.5 Å². The Balaban J connectivity index is 3.39. The van der Waals surface area contributed by atoms with Crippen LogP contribution in [0.15, 0.2) is 65.4 Å². The lowest BCUT2D eigenvalue weighted by atomic mass is 9.93. The lowest BCUT2D eigenvalue weighted by Gasteiger charge is -2.12. The van der Waals surface area contributed by atoms with Crippen LogP contribution in [-0.4, -0.2) is 10.8 Å². The van der Waals surface area contributed by atoms with Crippen LogP contribution >= 0.6 is 11.6 Å². The zero-order valence-electron chi connectivity index (χ0n) is 16.4. The molecular weight excluding hydrogens is 342 g/mol. The molecule has 0 saturated heterocycles. The van der Waals surface area contributed by atoms with Gasteiger partial charge in [-0.25, -0.2) is 4.98 Å². The number of pyridine rings is 1. The van der Waals surface area contributed by atoms with Gasteiger partial charge in [0.2, 0.25) is 0 Å². The van der Waals surface area contributed by atoms with Gasteiger partial charge in [0.1, 0.15) is 5.15 Å². The third kappa shape index (κ3) is 6.27. The molecule has 0 fully saturated rings. The highest BCUT2D eigenvalue weighted by Crippen LogP contribution is 2.26. The smallest absolute Gasteiger partial charge is 0.162 e. The third-order valence-corrected chi connectivity index (χ3v) is 4.26. The second-order valence-corrected chi connectivity index (χ2v) is 6.49. The van der Waals surface area contributed by atoms with Crippen molar-refractivity contribution in [3.63, 3.8) is 0 Å². The van der Waals surface area contributed by atoms with Gasteiger partial charge in [0.25, 0.3) is 0 Å². The molecule has 1 rings (SSSR count). The summed E-state index contributed by atoms with van der Waals surface area (Å²) in [7, 11) is 0. The average Bonchev–Trinajstić information content (AvgIpc) is 2.61. The number of nitrogens with zero attached hydrogens (tertiary/aromatic N) is 1. The minimum absolute atomic E-state index is 0.0622. The summed E-state index contributed by atoms with van der Waals surface area (Å²) in [6.07, 6.45) is 13.4. The zero-order chi connectivity index (χ0) is 19.7. The summed E-state index contributed by atoms with van der Waals surface area (Å²) in [6, 6.07) is 1.86. The SMILES string of the molecule is C=C(\C=C(C)/C(=C\C)C(/C=C/CC)=C/c1cnc(Cl)cc1C)C(=O)CC. The molecule has 0 aliphatic carbocycles. The van der Waals surface area contributed by atoms with E-state index in [4.69, 9.17) is 11.6 Å².